The van der Waals surface area contributed by atoms with E-state index in [1.54, 1.807) is 20.8 Å². The van der Waals surface area contributed by atoms with Crippen LogP contribution in [0.15, 0.2) is 0 Å². The third-order valence-corrected chi connectivity index (χ3v) is 2.32. The summed E-state index contributed by atoms with van der Waals surface area (Å²) in [5.74, 6) is -2.71. The maximum absolute atomic E-state index is 11.6. The van der Waals surface area contributed by atoms with Gasteiger partial charge < -0.3 is 25.2 Å². The summed E-state index contributed by atoms with van der Waals surface area (Å²) in [6, 6.07) is -2.62. The van der Waals surface area contributed by atoms with E-state index in [1.165, 1.54) is 6.92 Å². The van der Waals surface area contributed by atoms with Crippen LogP contribution in [0.1, 0.15) is 34.1 Å². The van der Waals surface area contributed by atoms with Crippen LogP contribution in [0.2, 0.25) is 0 Å². The van der Waals surface area contributed by atoms with Crippen molar-refractivity contribution >= 4 is 23.9 Å². The zero-order valence-corrected chi connectivity index (χ0v) is 13.3. The van der Waals surface area contributed by atoms with Gasteiger partial charge in [0.2, 0.25) is 5.91 Å². The van der Waals surface area contributed by atoms with E-state index in [0.717, 1.165) is 7.11 Å². The summed E-state index contributed by atoms with van der Waals surface area (Å²) in [6.45, 7) is 6.04. The molecule has 9 nitrogen and oxygen atoms in total. The number of aliphatic carboxylic acids is 1. The number of ether oxygens (including phenoxy) is 2. The smallest absolute Gasteiger partial charge is 0.408 e. The van der Waals surface area contributed by atoms with E-state index >= 15 is 0 Å². The molecule has 0 aromatic rings. The predicted molar refractivity (Wildman–Crippen MR) is 75.0 cm³/mol. The second kappa shape index (κ2) is 8.20. The Bertz CT molecular complexity index is 442. The first-order chi connectivity index (χ1) is 9.96. The van der Waals surface area contributed by atoms with Gasteiger partial charge in [-0.1, -0.05) is 0 Å². The minimum absolute atomic E-state index is 0.374. The molecule has 0 fully saturated rings. The molecule has 0 aromatic heterocycles. The normalized spacial score (nSPS) is 13.5. The van der Waals surface area contributed by atoms with Crippen molar-refractivity contribution < 1.29 is 33.8 Å². The number of rotatable bonds is 6. The van der Waals surface area contributed by atoms with Gasteiger partial charge in [0.1, 0.15) is 17.7 Å². The van der Waals surface area contributed by atoms with Crippen LogP contribution >= 0.6 is 0 Å². The number of carboxylic acids is 1. The van der Waals surface area contributed by atoms with Gasteiger partial charge >= 0.3 is 18.0 Å². The lowest BCUT2D eigenvalue weighted by Gasteiger charge is -2.23. The van der Waals surface area contributed by atoms with Crippen LogP contribution in [0, 0.1) is 0 Å². The van der Waals surface area contributed by atoms with Crippen molar-refractivity contribution in [1.29, 1.82) is 0 Å². The molecular weight excluding hydrogens is 296 g/mol. The first kappa shape index (κ1) is 19.7. The minimum Gasteiger partial charge on any atom is -0.480 e. The molecule has 0 aliphatic carbocycles. The second-order valence-electron chi connectivity index (χ2n) is 5.55. The Morgan fingerprint density at radius 2 is 1.64 bits per heavy atom. The number of hydrogen-bond acceptors (Lipinski definition) is 6. The summed E-state index contributed by atoms with van der Waals surface area (Å²) >= 11 is 0. The molecule has 9 heteroatoms. The van der Waals surface area contributed by atoms with E-state index in [2.05, 4.69) is 15.4 Å². The van der Waals surface area contributed by atoms with Crippen LogP contribution in [-0.2, 0) is 23.9 Å². The molecular formula is C13H22N2O7. The lowest BCUT2D eigenvalue weighted by Crippen LogP contribution is -2.50. The van der Waals surface area contributed by atoms with Crippen LogP contribution in [0.3, 0.4) is 0 Å². The van der Waals surface area contributed by atoms with Crippen molar-refractivity contribution in [3.63, 3.8) is 0 Å². The van der Waals surface area contributed by atoms with Crippen LogP contribution in [0.25, 0.3) is 0 Å². The molecule has 0 aliphatic rings. The Kier molecular flexibility index (Phi) is 7.34. The number of carbonyl (C=O) groups is 4. The third kappa shape index (κ3) is 8.08. The molecule has 2 atom stereocenters. The summed E-state index contributed by atoms with van der Waals surface area (Å²) in [5.41, 5.74) is -0.799. The van der Waals surface area contributed by atoms with Crippen LogP contribution < -0.4 is 10.6 Å². The Morgan fingerprint density at radius 3 is 2.00 bits per heavy atom. The number of carboxylic acid groups (broad SMARTS) is 1. The molecule has 0 saturated heterocycles. The van der Waals surface area contributed by atoms with Crippen molar-refractivity contribution in [3.05, 3.63) is 0 Å². The highest BCUT2D eigenvalue weighted by Gasteiger charge is 2.31. The van der Waals surface area contributed by atoms with E-state index in [-0.39, 0.29) is 6.42 Å². The van der Waals surface area contributed by atoms with Crippen molar-refractivity contribution in [2.24, 2.45) is 0 Å². The van der Waals surface area contributed by atoms with Gasteiger partial charge in [-0.3, -0.25) is 4.79 Å². The predicted octanol–water partition coefficient (Wildman–Crippen LogP) is 0.0321. The fourth-order valence-electron chi connectivity index (χ4n) is 1.51. The van der Waals surface area contributed by atoms with E-state index in [0.29, 0.717) is 0 Å². The molecule has 3 N–H and O–H groups in total. The quantitative estimate of drug-likeness (QED) is 0.589. The molecule has 2 amide bonds. The van der Waals surface area contributed by atoms with Gasteiger partial charge in [-0.25, -0.2) is 14.4 Å². The van der Waals surface area contributed by atoms with Crippen LogP contribution in [0.4, 0.5) is 4.79 Å². The first-order valence-corrected chi connectivity index (χ1v) is 6.53. The average molecular weight is 318 g/mol. The zero-order valence-electron chi connectivity index (χ0n) is 13.3. The van der Waals surface area contributed by atoms with Gasteiger partial charge in [0.15, 0.2) is 0 Å². The fourth-order valence-corrected chi connectivity index (χ4v) is 1.51. The molecule has 0 radical (unpaired) electrons. The van der Waals surface area contributed by atoms with Crippen LogP contribution in [0.5, 0.6) is 0 Å². The van der Waals surface area contributed by atoms with Crippen molar-refractivity contribution in [3.8, 4) is 0 Å². The number of alkyl carbamates (subject to hydrolysis) is 1. The van der Waals surface area contributed by atoms with Gasteiger partial charge in [-0.15, -0.1) is 0 Å². The summed E-state index contributed by atoms with van der Waals surface area (Å²) in [4.78, 5) is 45.4. The lowest BCUT2D eigenvalue weighted by atomic mass is 10.1. The maximum Gasteiger partial charge on any atom is 0.408 e. The lowest BCUT2D eigenvalue weighted by molar-refractivity contribution is -0.146. The number of nitrogens with one attached hydrogen (secondary N) is 2. The fraction of sp³-hybridized carbons (Fsp3) is 0.692. The zero-order chi connectivity index (χ0) is 17.5. The number of amides is 2. The Labute approximate surface area is 128 Å². The number of hydrogen-bond donors (Lipinski definition) is 3. The molecule has 0 aliphatic heterocycles. The SMILES string of the molecule is COC(=O)[C@H](C[C@@H](NC(=O)OC(C)(C)C)C(=O)O)NC(C)=O. The first-order valence-electron chi connectivity index (χ1n) is 6.53. The molecule has 0 rings (SSSR count). The summed E-state index contributed by atoms with van der Waals surface area (Å²) < 4.78 is 9.44. The number of methoxy groups -OCH3 is 1. The van der Waals surface area contributed by atoms with Gasteiger partial charge in [0, 0.05) is 13.3 Å². The minimum atomic E-state index is -1.43. The maximum atomic E-state index is 11.6. The van der Waals surface area contributed by atoms with Gasteiger partial charge in [0.05, 0.1) is 7.11 Å². The van der Waals surface area contributed by atoms with E-state index in [4.69, 9.17) is 9.84 Å². The molecule has 0 saturated carbocycles. The average Bonchev–Trinajstić information content (AvgIpc) is 2.32. The topological polar surface area (TPSA) is 131 Å². The highest BCUT2D eigenvalue weighted by atomic mass is 16.6. The summed E-state index contributed by atoms with van der Waals surface area (Å²) in [5, 5.41) is 13.5. The molecule has 22 heavy (non-hydrogen) atoms. The van der Waals surface area contributed by atoms with E-state index in [1.807, 2.05) is 0 Å². The highest BCUT2D eigenvalue weighted by molar-refractivity contribution is 5.85. The standard InChI is InChI=1S/C13H22N2O7/c1-7(16)14-9(11(19)21-5)6-8(10(17)18)15-12(20)22-13(2,3)4/h8-9H,6H2,1-5H3,(H,14,16)(H,15,20)(H,17,18)/t8-,9+/m1/s1. The van der Waals surface area contributed by atoms with E-state index < -0.39 is 41.6 Å². The van der Waals surface area contributed by atoms with Crippen molar-refractivity contribution in [2.75, 3.05) is 7.11 Å². The largest absolute Gasteiger partial charge is 0.480 e. The number of esters is 1. The Morgan fingerprint density at radius 1 is 1.09 bits per heavy atom. The van der Waals surface area contributed by atoms with Gasteiger partial charge in [-0.05, 0) is 20.8 Å². The van der Waals surface area contributed by atoms with Crippen molar-refractivity contribution in [2.45, 2.75) is 51.8 Å². The van der Waals surface area contributed by atoms with Gasteiger partial charge in [0.25, 0.3) is 0 Å². The molecule has 0 unspecified atom stereocenters. The third-order valence-electron chi connectivity index (χ3n) is 2.32. The second-order valence-corrected chi connectivity index (χ2v) is 5.55. The Hall–Kier alpha value is -2.32. The van der Waals surface area contributed by atoms with Crippen molar-refractivity contribution in [1.82, 2.24) is 10.6 Å². The molecule has 0 aromatic carbocycles. The number of carbonyl (C=O) groups excluding carboxylic acids is 3. The van der Waals surface area contributed by atoms with E-state index in [9.17, 15) is 19.2 Å². The summed E-state index contributed by atoms with van der Waals surface area (Å²) in [7, 11) is 1.11. The highest BCUT2D eigenvalue weighted by Crippen LogP contribution is 2.08. The van der Waals surface area contributed by atoms with Gasteiger partial charge in [-0.2, -0.15) is 0 Å². The summed E-state index contributed by atoms with van der Waals surface area (Å²) in [6.07, 6.45) is -1.31. The Balaban J connectivity index is 4.93. The molecule has 0 spiro atoms. The molecule has 0 bridgehead atoms. The molecule has 126 valence electrons. The van der Waals surface area contributed by atoms with Crippen LogP contribution in [-0.4, -0.2) is 53.8 Å². The molecule has 0 heterocycles. The monoisotopic (exact) mass is 318 g/mol.